The molecule has 3 heteroatoms. The van der Waals surface area contributed by atoms with Crippen molar-refractivity contribution in [3.05, 3.63) is 35.4 Å². The van der Waals surface area contributed by atoms with Crippen LogP contribution in [0.15, 0.2) is 18.2 Å². The van der Waals surface area contributed by atoms with Crippen LogP contribution in [0.1, 0.15) is 45.1 Å². The van der Waals surface area contributed by atoms with Crippen LogP contribution in [0.3, 0.4) is 0 Å². The van der Waals surface area contributed by atoms with Crippen molar-refractivity contribution in [2.45, 2.75) is 46.0 Å². The molecular weight excluding hydrogens is 244 g/mol. The molecule has 0 aromatic heterocycles. The van der Waals surface area contributed by atoms with Crippen LogP contribution in [0.4, 0.5) is 8.78 Å². The molecule has 1 aliphatic rings. The van der Waals surface area contributed by atoms with Gasteiger partial charge in [0.2, 0.25) is 0 Å². The number of hydrogen-bond donors (Lipinski definition) is 0. The molecule has 0 spiro atoms. The standard InChI is InChI=1S/C16H19F2N/c1-15(2)6-8-16(11-19,9-7-15)10-12-13(17)4-3-5-14(12)18/h3-5H,6-10H2,1-2H3. The molecular formula is C16H19F2N. The Balaban J connectivity index is 2.24. The minimum Gasteiger partial charge on any atom is -0.207 e. The molecule has 2 rings (SSSR count). The molecule has 0 saturated heterocycles. The van der Waals surface area contributed by atoms with E-state index in [0.717, 1.165) is 12.8 Å². The van der Waals surface area contributed by atoms with Gasteiger partial charge >= 0.3 is 0 Å². The van der Waals surface area contributed by atoms with E-state index in [4.69, 9.17) is 0 Å². The lowest BCUT2D eigenvalue weighted by molar-refractivity contribution is 0.144. The third-order valence-corrected chi connectivity index (χ3v) is 4.37. The largest absolute Gasteiger partial charge is 0.207 e. The molecule has 0 atom stereocenters. The minimum atomic E-state index is -0.613. The highest BCUT2D eigenvalue weighted by atomic mass is 19.1. The molecule has 0 heterocycles. The molecule has 0 N–H and O–H groups in total. The SMILES string of the molecule is CC1(C)CCC(C#N)(Cc2c(F)cccc2F)CC1. The van der Waals surface area contributed by atoms with Crippen LogP contribution in [0.5, 0.6) is 0 Å². The summed E-state index contributed by atoms with van der Waals surface area (Å²) in [4.78, 5) is 0. The molecule has 1 saturated carbocycles. The summed E-state index contributed by atoms with van der Waals surface area (Å²) in [5.74, 6) is -1.08. The highest BCUT2D eigenvalue weighted by Crippen LogP contribution is 2.46. The van der Waals surface area contributed by atoms with Gasteiger partial charge in [0.25, 0.3) is 0 Å². The van der Waals surface area contributed by atoms with Crippen molar-refractivity contribution in [3.63, 3.8) is 0 Å². The first kappa shape index (κ1) is 14.0. The van der Waals surface area contributed by atoms with Crippen LogP contribution >= 0.6 is 0 Å². The van der Waals surface area contributed by atoms with Crippen molar-refractivity contribution < 1.29 is 8.78 Å². The Morgan fingerprint density at radius 3 is 2.11 bits per heavy atom. The first-order chi connectivity index (χ1) is 8.87. The Bertz CT molecular complexity index is 484. The van der Waals surface area contributed by atoms with Crippen LogP contribution in [-0.2, 0) is 6.42 Å². The Morgan fingerprint density at radius 2 is 1.63 bits per heavy atom. The zero-order valence-corrected chi connectivity index (χ0v) is 11.5. The highest BCUT2D eigenvalue weighted by Gasteiger charge is 2.39. The van der Waals surface area contributed by atoms with Crippen LogP contribution in [0.25, 0.3) is 0 Å². The third kappa shape index (κ3) is 2.94. The van der Waals surface area contributed by atoms with Gasteiger partial charge in [-0.2, -0.15) is 5.26 Å². The zero-order chi connectivity index (χ0) is 14.1. The number of hydrogen-bond acceptors (Lipinski definition) is 1. The van der Waals surface area contributed by atoms with Gasteiger partial charge in [-0.05, 0) is 49.7 Å². The molecule has 0 aliphatic heterocycles. The Morgan fingerprint density at radius 1 is 1.11 bits per heavy atom. The van der Waals surface area contributed by atoms with Gasteiger partial charge in [0.05, 0.1) is 11.5 Å². The van der Waals surface area contributed by atoms with Crippen molar-refractivity contribution in [2.24, 2.45) is 10.8 Å². The van der Waals surface area contributed by atoms with Crippen LogP contribution in [-0.4, -0.2) is 0 Å². The van der Waals surface area contributed by atoms with E-state index in [1.165, 1.54) is 18.2 Å². The molecule has 0 amide bonds. The number of rotatable bonds is 2. The summed E-state index contributed by atoms with van der Waals surface area (Å²) in [5, 5.41) is 9.46. The first-order valence-corrected chi connectivity index (χ1v) is 6.72. The predicted molar refractivity (Wildman–Crippen MR) is 70.4 cm³/mol. The maximum Gasteiger partial charge on any atom is 0.129 e. The van der Waals surface area contributed by atoms with Gasteiger partial charge in [-0.1, -0.05) is 19.9 Å². The maximum atomic E-state index is 13.7. The predicted octanol–water partition coefficient (Wildman–Crippen LogP) is 4.62. The molecule has 1 fully saturated rings. The van der Waals surface area contributed by atoms with Gasteiger partial charge < -0.3 is 0 Å². The number of nitrogens with zero attached hydrogens (tertiary/aromatic N) is 1. The lowest BCUT2D eigenvalue weighted by atomic mass is 9.63. The van der Waals surface area contributed by atoms with E-state index in [2.05, 4.69) is 19.9 Å². The second kappa shape index (κ2) is 4.92. The zero-order valence-electron chi connectivity index (χ0n) is 11.5. The van der Waals surface area contributed by atoms with Crippen LogP contribution in [0, 0.1) is 33.8 Å². The summed E-state index contributed by atoms with van der Waals surface area (Å²) < 4.78 is 27.4. The Hall–Kier alpha value is -1.43. The normalized spacial score (nSPS) is 20.8. The molecule has 1 aromatic rings. The fraction of sp³-hybridized carbons (Fsp3) is 0.562. The van der Waals surface area contributed by atoms with Gasteiger partial charge in [0.15, 0.2) is 0 Å². The third-order valence-electron chi connectivity index (χ3n) is 4.37. The van der Waals surface area contributed by atoms with E-state index in [1.807, 2.05) is 0 Å². The van der Waals surface area contributed by atoms with E-state index in [9.17, 15) is 14.0 Å². The maximum absolute atomic E-state index is 13.7. The lowest BCUT2D eigenvalue weighted by Gasteiger charge is -2.39. The summed E-state index contributed by atoms with van der Waals surface area (Å²) in [6.45, 7) is 4.36. The Kier molecular flexibility index (Phi) is 3.62. The highest BCUT2D eigenvalue weighted by molar-refractivity contribution is 5.23. The van der Waals surface area contributed by atoms with Gasteiger partial charge in [0.1, 0.15) is 11.6 Å². The van der Waals surface area contributed by atoms with E-state index >= 15 is 0 Å². The van der Waals surface area contributed by atoms with E-state index in [-0.39, 0.29) is 17.4 Å². The average Bonchev–Trinajstić information content (AvgIpc) is 2.37. The first-order valence-electron chi connectivity index (χ1n) is 6.72. The van der Waals surface area contributed by atoms with E-state index in [1.54, 1.807) is 0 Å². The van der Waals surface area contributed by atoms with E-state index in [0.29, 0.717) is 12.8 Å². The van der Waals surface area contributed by atoms with Crippen molar-refractivity contribution in [1.82, 2.24) is 0 Å². The fourth-order valence-electron chi connectivity index (χ4n) is 2.77. The van der Waals surface area contributed by atoms with Crippen LogP contribution < -0.4 is 0 Å². The van der Waals surface area contributed by atoms with Crippen molar-refractivity contribution >= 4 is 0 Å². The van der Waals surface area contributed by atoms with Crippen LogP contribution in [0.2, 0.25) is 0 Å². The molecule has 102 valence electrons. The van der Waals surface area contributed by atoms with Gasteiger partial charge in [-0.25, -0.2) is 8.78 Å². The molecule has 1 aliphatic carbocycles. The van der Waals surface area contributed by atoms with Gasteiger partial charge in [-0.3, -0.25) is 0 Å². The summed E-state index contributed by atoms with van der Waals surface area (Å²) in [6.07, 6.45) is 3.46. The summed E-state index contributed by atoms with van der Waals surface area (Å²) in [7, 11) is 0. The minimum absolute atomic E-state index is 0.0590. The van der Waals surface area contributed by atoms with Crippen molar-refractivity contribution in [2.75, 3.05) is 0 Å². The molecule has 0 unspecified atom stereocenters. The molecule has 19 heavy (non-hydrogen) atoms. The van der Waals surface area contributed by atoms with Gasteiger partial charge in [-0.15, -0.1) is 0 Å². The van der Waals surface area contributed by atoms with E-state index < -0.39 is 17.0 Å². The summed E-state index contributed by atoms with van der Waals surface area (Å²) in [5.41, 5.74) is -0.323. The second-order valence-corrected chi connectivity index (χ2v) is 6.43. The Labute approximate surface area is 113 Å². The molecule has 1 nitrogen and oxygen atoms in total. The smallest absolute Gasteiger partial charge is 0.129 e. The fourth-order valence-corrected chi connectivity index (χ4v) is 2.77. The average molecular weight is 263 g/mol. The molecule has 1 aromatic carbocycles. The topological polar surface area (TPSA) is 23.8 Å². The number of nitriles is 1. The molecule has 0 radical (unpaired) electrons. The number of halogens is 2. The molecule has 0 bridgehead atoms. The summed E-state index contributed by atoms with van der Waals surface area (Å²) >= 11 is 0. The van der Waals surface area contributed by atoms with Crippen molar-refractivity contribution in [3.8, 4) is 6.07 Å². The second-order valence-electron chi connectivity index (χ2n) is 6.43. The monoisotopic (exact) mass is 263 g/mol. The van der Waals surface area contributed by atoms with Crippen molar-refractivity contribution in [1.29, 1.82) is 5.26 Å². The van der Waals surface area contributed by atoms with Gasteiger partial charge in [0, 0.05) is 5.56 Å². The number of benzene rings is 1. The quantitative estimate of drug-likeness (QED) is 0.764. The lowest BCUT2D eigenvalue weighted by Crippen LogP contribution is -2.32. The summed E-state index contributed by atoms with van der Waals surface area (Å²) in [6, 6.07) is 6.20.